The van der Waals surface area contributed by atoms with Crippen LogP contribution in [0.4, 0.5) is 0 Å². The first-order valence-corrected chi connectivity index (χ1v) is 10.1. The highest BCUT2D eigenvalue weighted by atomic mass is 32.2. The number of likely N-dealkylation sites (N-methyl/N-ethyl adjacent to an activating group) is 1. The molecule has 0 radical (unpaired) electrons. The summed E-state index contributed by atoms with van der Waals surface area (Å²) in [6, 6.07) is 3.38. The quantitative estimate of drug-likeness (QED) is 0.773. The van der Waals surface area contributed by atoms with Crippen molar-refractivity contribution in [3.8, 4) is 0 Å². The van der Waals surface area contributed by atoms with Gasteiger partial charge in [-0.1, -0.05) is 6.07 Å². The van der Waals surface area contributed by atoms with E-state index in [0.717, 1.165) is 10.6 Å². The van der Waals surface area contributed by atoms with E-state index in [4.69, 9.17) is 0 Å². The molecule has 1 fully saturated rings. The number of hydroxylamine groups is 2. The Balaban J connectivity index is 2.16. The van der Waals surface area contributed by atoms with Crippen LogP contribution in [0.1, 0.15) is 26.3 Å². The number of sulfonamides is 1. The minimum Gasteiger partial charge on any atom is -0.304 e. The van der Waals surface area contributed by atoms with E-state index in [0.29, 0.717) is 36.8 Å². The van der Waals surface area contributed by atoms with E-state index in [1.54, 1.807) is 18.3 Å². The molecule has 8 heteroatoms. The molecule has 1 aromatic rings. The Kier molecular flexibility index (Phi) is 4.96. The first kappa shape index (κ1) is 19.0. The van der Waals surface area contributed by atoms with Gasteiger partial charge in [-0.25, -0.2) is 8.42 Å². The molecule has 2 aliphatic rings. The van der Waals surface area contributed by atoms with Crippen LogP contribution in [0, 0.1) is 0 Å². The third-order valence-electron chi connectivity index (χ3n) is 4.68. The van der Waals surface area contributed by atoms with Crippen molar-refractivity contribution in [1.29, 1.82) is 0 Å². The molecule has 0 aliphatic carbocycles. The monoisotopic (exact) mass is 378 g/mol. The second-order valence-electron chi connectivity index (χ2n) is 7.71. The highest BCUT2D eigenvalue weighted by molar-refractivity contribution is 7.89. The van der Waals surface area contributed by atoms with Gasteiger partial charge in [0, 0.05) is 49.4 Å². The Labute approximate surface area is 154 Å². The lowest BCUT2D eigenvalue weighted by atomic mass is 10.1. The maximum Gasteiger partial charge on any atom is 0.243 e. The maximum absolute atomic E-state index is 13.3. The number of benzene rings is 1. The highest BCUT2D eigenvalue weighted by Gasteiger charge is 2.29. The van der Waals surface area contributed by atoms with Crippen molar-refractivity contribution < 1.29 is 13.6 Å². The number of fused-ring (bicyclic) bond motifs is 1. The van der Waals surface area contributed by atoms with Gasteiger partial charge in [0.1, 0.15) is 0 Å². The van der Waals surface area contributed by atoms with Gasteiger partial charge in [-0.2, -0.15) is 4.31 Å². The van der Waals surface area contributed by atoms with Gasteiger partial charge in [-0.3, -0.25) is 15.3 Å². The van der Waals surface area contributed by atoms with Gasteiger partial charge >= 0.3 is 0 Å². The third kappa shape index (κ3) is 3.55. The summed E-state index contributed by atoms with van der Waals surface area (Å²) >= 11 is 0. The van der Waals surface area contributed by atoms with Crippen LogP contribution in [-0.4, -0.2) is 66.7 Å². The summed E-state index contributed by atoms with van der Waals surface area (Å²) in [5.74, 6) is 0. The first-order valence-electron chi connectivity index (χ1n) is 8.67. The van der Waals surface area contributed by atoms with Crippen molar-refractivity contribution in [2.45, 2.75) is 31.2 Å². The van der Waals surface area contributed by atoms with Crippen LogP contribution in [0.5, 0.6) is 0 Å². The van der Waals surface area contributed by atoms with Gasteiger partial charge in [0.25, 0.3) is 0 Å². The Morgan fingerprint density at radius 3 is 2.46 bits per heavy atom. The summed E-state index contributed by atoms with van der Waals surface area (Å²) in [5.41, 5.74) is 0.278. The van der Waals surface area contributed by atoms with Crippen LogP contribution >= 0.6 is 0 Å². The molecule has 0 atom stereocenters. The van der Waals surface area contributed by atoms with Crippen molar-refractivity contribution in [2.75, 3.05) is 33.2 Å². The molecular weight excluding hydrogens is 352 g/mol. The number of hydrogen-bond acceptors (Lipinski definition) is 6. The van der Waals surface area contributed by atoms with Crippen LogP contribution < -0.4 is 10.6 Å². The molecule has 1 saturated heterocycles. The molecule has 0 saturated carbocycles. The van der Waals surface area contributed by atoms with Crippen LogP contribution in [0.25, 0.3) is 12.3 Å². The lowest BCUT2D eigenvalue weighted by molar-refractivity contribution is -0.0907. The Hall–Kier alpha value is -1.74. The number of hydrogen-bond donors (Lipinski definition) is 1. The standard InChI is InChI=1S/C18H26N4O3S/c1-18(2,3)22(23)13-15-16(6-5-14-7-8-19-17(14)15)26(24,25)21-11-9-20(4)10-12-21/h5-8,13,23H,9-12H2,1-4H3. The highest BCUT2D eigenvalue weighted by Crippen LogP contribution is 2.16. The largest absolute Gasteiger partial charge is 0.304 e. The molecule has 1 aromatic carbocycles. The molecule has 7 nitrogen and oxygen atoms in total. The molecule has 1 N–H and O–H groups in total. The van der Waals surface area contributed by atoms with Crippen molar-refractivity contribution in [1.82, 2.24) is 14.3 Å². The predicted octanol–water partition coefficient (Wildman–Crippen LogP) is 0.454. The summed E-state index contributed by atoms with van der Waals surface area (Å²) in [4.78, 5) is 6.61. The topological polar surface area (TPSA) is 76.5 Å². The van der Waals surface area contributed by atoms with Gasteiger partial charge in [0.05, 0.1) is 15.8 Å². The molecule has 3 rings (SSSR count). The molecular formula is C18H26N4O3S. The van der Waals surface area contributed by atoms with E-state index < -0.39 is 15.6 Å². The molecule has 26 heavy (non-hydrogen) atoms. The average molecular weight is 378 g/mol. The van der Waals surface area contributed by atoms with Gasteiger partial charge in [-0.05, 0) is 40.0 Å². The Bertz CT molecular complexity index is 940. The van der Waals surface area contributed by atoms with Crippen molar-refractivity contribution >= 4 is 22.3 Å². The molecule has 0 spiro atoms. The van der Waals surface area contributed by atoms with E-state index in [1.165, 1.54) is 10.5 Å². The summed E-state index contributed by atoms with van der Waals surface area (Å²) in [5, 5.41) is 12.4. The zero-order valence-corrected chi connectivity index (χ0v) is 16.5. The molecule has 0 aromatic heterocycles. The summed E-state index contributed by atoms with van der Waals surface area (Å²) in [6.45, 7) is 7.83. The fraction of sp³-hybridized carbons (Fsp3) is 0.500. The Morgan fingerprint density at radius 1 is 1.19 bits per heavy atom. The fourth-order valence-electron chi connectivity index (χ4n) is 2.91. The average Bonchev–Trinajstić information content (AvgIpc) is 3.03. The number of piperazine rings is 1. The van der Waals surface area contributed by atoms with Crippen molar-refractivity contribution in [3.63, 3.8) is 0 Å². The molecule has 0 unspecified atom stereocenters. The van der Waals surface area contributed by atoms with Crippen LogP contribution in [-0.2, 0) is 10.0 Å². The van der Waals surface area contributed by atoms with Gasteiger partial charge in [0.15, 0.2) is 0 Å². The first-order chi connectivity index (χ1) is 12.1. The van der Waals surface area contributed by atoms with Crippen LogP contribution in [0.15, 0.2) is 28.2 Å². The van der Waals surface area contributed by atoms with Crippen LogP contribution in [0.3, 0.4) is 0 Å². The van der Waals surface area contributed by atoms with E-state index in [1.807, 2.05) is 33.9 Å². The van der Waals surface area contributed by atoms with Gasteiger partial charge < -0.3 is 4.90 Å². The smallest absolute Gasteiger partial charge is 0.243 e. The summed E-state index contributed by atoms with van der Waals surface area (Å²) < 4.78 is 28.0. The molecule has 0 bridgehead atoms. The normalized spacial score (nSPS) is 19.5. The van der Waals surface area contributed by atoms with Crippen molar-refractivity contribution in [2.24, 2.45) is 4.99 Å². The zero-order valence-electron chi connectivity index (χ0n) is 15.7. The number of nitrogens with zero attached hydrogens (tertiary/aromatic N) is 4. The Morgan fingerprint density at radius 2 is 1.85 bits per heavy atom. The SMILES string of the molecule is CN1CCN(S(=O)(=O)c2ccc3c(c2=CN(O)C(C)(C)C)=NC=C3)CC1. The molecule has 142 valence electrons. The second kappa shape index (κ2) is 6.77. The lowest BCUT2D eigenvalue weighted by Gasteiger charge is -2.32. The molecule has 2 heterocycles. The fourth-order valence-corrected chi connectivity index (χ4v) is 4.50. The van der Waals surface area contributed by atoms with Crippen LogP contribution in [0.2, 0.25) is 0 Å². The van der Waals surface area contributed by atoms with E-state index in [2.05, 4.69) is 9.89 Å². The maximum atomic E-state index is 13.3. The van der Waals surface area contributed by atoms with E-state index in [9.17, 15) is 13.6 Å². The summed E-state index contributed by atoms with van der Waals surface area (Å²) in [7, 11) is -1.70. The lowest BCUT2D eigenvalue weighted by Crippen LogP contribution is -2.49. The van der Waals surface area contributed by atoms with Gasteiger partial charge in [0.2, 0.25) is 10.0 Å². The predicted molar refractivity (Wildman–Crippen MR) is 100 cm³/mol. The zero-order chi connectivity index (χ0) is 19.1. The number of rotatable bonds is 3. The second-order valence-corrected chi connectivity index (χ2v) is 9.62. The minimum atomic E-state index is -3.68. The third-order valence-corrected chi connectivity index (χ3v) is 6.64. The molecule has 2 aliphatic heterocycles. The molecule has 0 amide bonds. The van der Waals surface area contributed by atoms with Gasteiger partial charge in [-0.15, -0.1) is 0 Å². The van der Waals surface area contributed by atoms with E-state index >= 15 is 0 Å². The summed E-state index contributed by atoms with van der Waals surface area (Å²) in [6.07, 6.45) is 4.95. The van der Waals surface area contributed by atoms with E-state index in [-0.39, 0.29) is 4.90 Å². The minimum absolute atomic E-state index is 0.177. The van der Waals surface area contributed by atoms with Crippen molar-refractivity contribution in [3.05, 3.63) is 34.5 Å².